The van der Waals surface area contributed by atoms with Gasteiger partial charge in [-0.3, -0.25) is 4.79 Å². The monoisotopic (exact) mass is 328 g/mol. The predicted octanol–water partition coefficient (Wildman–Crippen LogP) is 1.93. The van der Waals surface area contributed by atoms with Crippen LogP contribution in [0.15, 0.2) is 48.5 Å². The average molecular weight is 328 g/mol. The summed E-state index contributed by atoms with van der Waals surface area (Å²) >= 11 is 0. The fourth-order valence-corrected chi connectivity index (χ4v) is 2.30. The van der Waals surface area contributed by atoms with Crippen molar-refractivity contribution < 1.29 is 19.4 Å². The maximum Gasteiger partial charge on any atom is 0.341 e. The van der Waals surface area contributed by atoms with Crippen LogP contribution in [0.1, 0.15) is 15.9 Å². The van der Waals surface area contributed by atoms with Crippen molar-refractivity contribution in [3.8, 4) is 5.75 Å². The van der Waals surface area contributed by atoms with Crippen LogP contribution >= 0.6 is 0 Å². The van der Waals surface area contributed by atoms with Gasteiger partial charge in [0.2, 0.25) is 5.91 Å². The number of amides is 1. The fourth-order valence-electron chi connectivity index (χ4n) is 2.30. The maximum absolute atomic E-state index is 12.5. The number of hydrogen-bond donors (Lipinski definition) is 2. The lowest BCUT2D eigenvalue weighted by atomic mass is 10.1. The first-order chi connectivity index (χ1) is 11.6. The van der Waals surface area contributed by atoms with E-state index in [1.54, 1.807) is 18.0 Å². The van der Waals surface area contributed by atoms with Crippen LogP contribution in [0.4, 0.5) is 5.69 Å². The maximum atomic E-state index is 12.5. The van der Waals surface area contributed by atoms with Crippen LogP contribution in [0.25, 0.3) is 0 Å². The zero-order valence-corrected chi connectivity index (χ0v) is 13.7. The van der Waals surface area contributed by atoms with Crippen LogP contribution in [0.2, 0.25) is 0 Å². The van der Waals surface area contributed by atoms with Crippen LogP contribution in [0.5, 0.6) is 5.75 Å². The summed E-state index contributed by atoms with van der Waals surface area (Å²) in [5, 5.41) is 12.7. The van der Waals surface area contributed by atoms with Crippen LogP contribution in [-0.4, -0.2) is 37.7 Å². The number of nitrogens with one attached hydrogen (secondary N) is 1. The van der Waals surface area contributed by atoms with Crippen molar-refractivity contribution in [2.75, 3.05) is 25.6 Å². The molecular formula is C18H20N2O4. The SMILES string of the molecule is CNCC(=O)N(Cc1ccccc1)c1ccc(O)c(C(=O)OC)c1. The van der Waals surface area contributed by atoms with E-state index in [9.17, 15) is 14.7 Å². The predicted molar refractivity (Wildman–Crippen MR) is 91.0 cm³/mol. The van der Waals surface area contributed by atoms with Gasteiger partial charge < -0.3 is 20.1 Å². The van der Waals surface area contributed by atoms with Crippen LogP contribution in [-0.2, 0) is 16.1 Å². The highest BCUT2D eigenvalue weighted by Crippen LogP contribution is 2.26. The number of carbonyl (C=O) groups excluding carboxylic acids is 2. The van der Waals surface area contributed by atoms with Gasteiger partial charge >= 0.3 is 5.97 Å². The summed E-state index contributed by atoms with van der Waals surface area (Å²) in [4.78, 5) is 25.8. The molecule has 0 saturated heterocycles. The molecule has 6 nitrogen and oxygen atoms in total. The van der Waals surface area contributed by atoms with Gasteiger partial charge in [-0.2, -0.15) is 0 Å². The van der Waals surface area contributed by atoms with E-state index < -0.39 is 5.97 Å². The average Bonchev–Trinajstić information content (AvgIpc) is 2.60. The lowest BCUT2D eigenvalue weighted by Crippen LogP contribution is -2.36. The first kappa shape index (κ1) is 17.5. The van der Waals surface area contributed by atoms with Crippen LogP contribution in [0, 0.1) is 0 Å². The van der Waals surface area contributed by atoms with E-state index in [0.29, 0.717) is 12.2 Å². The van der Waals surface area contributed by atoms with Crippen molar-refractivity contribution in [3.63, 3.8) is 0 Å². The van der Waals surface area contributed by atoms with E-state index in [0.717, 1.165) is 5.56 Å². The number of phenolic OH excluding ortho intramolecular Hbond substituents is 1. The summed E-state index contributed by atoms with van der Waals surface area (Å²) in [5.74, 6) is -0.996. The molecule has 24 heavy (non-hydrogen) atoms. The number of methoxy groups -OCH3 is 1. The quantitative estimate of drug-likeness (QED) is 0.792. The molecule has 0 fully saturated rings. The van der Waals surface area contributed by atoms with Crippen molar-refractivity contribution in [1.82, 2.24) is 5.32 Å². The number of aromatic hydroxyl groups is 1. The Bertz CT molecular complexity index is 716. The molecule has 0 aromatic heterocycles. The summed E-state index contributed by atoms with van der Waals surface area (Å²) in [6.45, 7) is 0.508. The van der Waals surface area contributed by atoms with Crippen molar-refractivity contribution in [2.24, 2.45) is 0 Å². The Morgan fingerprint density at radius 1 is 1.17 bits per heavy atom. The number of benzene rings is 2. The number of anilines is 1. The number of rotatable bonds is 6. The molecule has 0 saturated carbocycles. The Morgan fingerprint density at radius 2 is 1.88 bits per heavy atom. The molecule has 0 heterocycles. The number of likely N-dealkylation sites (N-methyl/N-ethyl adjacent to an activating group) is 1. The molecule has 2 aromatic rings. The molecule has 0 aliphatic carbocycles. The van der Waals surface area contributed by atoms with E-state index in [2.05, 4.69) is 10.1 Å². The van der Waals surface area contributed by atoms with E-state index in [4.69, 9.17) is 0 Å². The number of carbonyl (C=O) groups is 2. The summed E-state index contributed by atoms with van der Waals surface area (Å²) in [7, 11) is 2.93. The Morgan fingerprint density at radius 3 is 2.50 bits per heavy atom. The Kier molecular flexibility index (Phi) is 5.92. The third kappa shape index (κ3) is 4.11. The van der Waals surface area contributed by atoms with E-state index in [1.807, 2.05) is 30.3 Å². The molecule has 0 spiro atoms. The second-order valence-corrected chi connectivity index (χ2v) is 5.19. The highest BCUT2D eigenvalue weighted by atomic mass is 16.5. The number of phenols is 1. The molecule has 2 N–H and O–H groups in total. The lowest BCUT2D eigenvalue weighted by molar-refractivity contribution is -0.117. The minimum atomic E-state index is -0.657. The molecule has 2 rings (SSSR count). The van der Waals surface area contributed by atoms with Crippen LogP contribution in [0.3, 0.4) is 0 Å². The zero-order chi connectivity index (χ0) is 17.5. The summed E-state index contributed by atoms with van der Waals surface area (Å²) in [6, 6.07) is 14.0. The van der Waals surface area contributed by atoms with Gasteiger partial charge in [-0.25, -0.2) is 4.79 Å². The molecule has 1 amide bonds. The largest absolute Gasteiger partial charge is 0.507 e. The summed E-state index contributed by atoms with van der Waals surface area (Å²) in [5.41, 5.74) is 1.48. The Hall–Kier alpha value is -2.86. The third-order valence-corrected chi connectivity index (χ3v) is 3.51. The fraction of sp³-hybridized carbons (Fsp3) is 0.222. The number of ether oxygens (including phenoxy) is 1. The molecule has 0 aliphatic rings. The summed E-state index contributed by atoms with van der Waals surface area (Å²) < 4.78 is 4.66. The number of hydrogen-bond acceptors (Lipinski definition) is 5. The minimum absolute atomic E-state index is 0.0188. The molecule has 0 bridgehead atoms. The summed E-state index contributed by atoms with van der Waals surface area (Å²) in [6.07, 6.45) is 0. The molecule has 0 atom stereocenters. The molecule has 0 radical (unpaired) electrons. The van der Waals surface area contributed by atoms with E-state index in [-0.39, 0.29) is 23.8 Å². The zero-order valence-electron chi connectivity index (χ0n) is 13.7. The third-order valence-electron chi connectivity index (χ3n) is 3.51. The normalized spacial score (nSPS) is 10.2. The van der Waals surface area contributed by atoms with Crippen LogP contribution < -0.4 is 10.2 Å². The van der Waals surface area contributed by atoms with E-state index >= 15 is 0 Å². The number of esters is 1. The van der Waals surface area contributed by atoms with Crippen molar-refractivity contribution in [2.45, 2.75) is 6.54 Å². The second kappa shape index (κ2) is 8.12. The first-order valence-corrected chi connectivity index (χ1v) is 7.47. The smallest absolute Gasteiger partial charge is 0.341 e. The Balaban J connectivity index is 2.39. The van der Waals surface area contributed by atoms with E-state index in [1.165, 1.54) is 19.2 Å². The van der Waals surface area contributed by atoms with Gasteiger partial charge in [-0.1, -0.05) is 30.3 Å². The minimum Gasteiger partial charge on any atom is -0.507 e. The molecular weight excluding hydrogens is 308 g/mol. The Labute approximate surface area is 140 Å². The highest BCUT2D eigenvalue weighted by molar-refractivity contribution is 5.98. The highest BCUT2D eigenvalue weighted by Gasteiger charge is 2.19. The number of nitrogens with zero attached hydrogens (tertiary/aromatic N) is 1. The van der Waals surface area contributed by atoms with Gasteiger partial charge in [0, 0.05) is 5.69 Å². The molecule has 126 valence electrons. The van der Waals surface area contributed by atoms with Crippen molar-refractivity contribution in [1.29, 1.82) is 0 Å². The van der Waals surface area contributed by atoms with Gasteiger partial charge in [0.15, 0.2) is 0 Å². The molecule has 2 aromatic carbocycles. The topological polar surface area (TPSA) is 78.9 Å². The lowest BCUT2D eigenvalue weighted by Gasteiger charge is -2.23. The van der Waals surface area contributed by atoms with Gasteiger partial charge in [0.1, 0.15) is 11.3 Å². The molecule has 0 aliphatic heterocycles. The van der Waals surface area contributed by atoms with Gasteiger partial charge in [0.25, 0.3) is 0 Å². The van der Waals surface area contributed by atoms with Gasteiger partial charge in [0.05, 0.1) is 20.2 Å². The first-order valence-electron chi connectivity index (χ1n) is 7.47. The van der Waals surface area contributed by atoms with Gasteiger partial charge in [-0.05, 0) is 30.8 Å². The van der Waals surface area contributed by atoms with Gasteiger partial charge in [-0.15, -0.1) is 0 Å². The van der Waals surface area contributed by atoms with Crippen molar-refractivity contribution in [3.05, 3.63) is 59.7 Å². The second-order valence-electron chi connectivity index (χ2n) is 5.19. The standard InChI is InChI=1S/C18H20N2O4/c1-19-11-17(22)20(12-13-6-4-3-5-7-13)14-8-9-16(21)15(10-14)18(23)24-2/h3-10,19,21H,11-12H2,1-2H3. The van der Waals surface area contributed by atoms with Crippen molar-refractivity contribution >= 4 is 17.6 Å². The molecule has 6 heteroatoms. The molecule has 0 unspecified atom stereocenters.